The van der Waals surface area contributed by atoms with E-state index in [1.54, 1.807) is 0 Å². The molecule has 1 fully saturated rings. The van der Waals surface area contributed by atoms with Gasteiger partial charge in [-0.25, -0.2) is 0 Å². The van der Waals surface area contributed by atoms with Crippen LogP contribution in [-0.4, -0.2) is 58.6 Å². The molecule has 2 rings (SSSR count). The molecule has 6 nitrogen and oxygen atoms in total. The summed E-state index contributed by atoms with van der Waals surface area (Å²) < 4.78 is 16.9. The topological polar surface area (TPSA) is 64.1 Å². The Morgan fingerprint density at radius 1 is 1.10 bits per heavy atom. The van der Waals surface area contributed by atoms with E-state index >= 15 is 0 Å². The molecule has 166 valence electrons. The van der Waals surface area contributed by atoms with Gasteiger partial charge in [0.2, 0.25) is 0 Å². The molecule has 1 aliphatic rings. The van der Waals surface area contributed by atoms with Gasteiger partial charge in [-0.2, -0.15) is 0 Å². The van der Waals surface area contributed by atoms with Gasteiger partial charge in [0.05, 0.1) is 6.61 Å². The van der Waals surface area contributed by atoms with Crippen LogP contribution in [0.15, 0.2) is 29.3 Å². The zero-order chi connectivity index (χ0) is 19.9. The number of benzene rings is 1. The molecule has 0 radical (unpaired) electrons. The predicted octanol–water partition coefficient (Wildman–Crippen LogP) is 3.77. The minimum absolute atomic E-state index is 0. The van der Waals surface area contributed by atoms with Crippen molar-refractivity contribution < 1.29 is 14.2 Å². The second kappa shape index (κ2) is 16.7. The maximum atomic E-state index is 5.81. The van der Waals surface area contributed by atoms with E-state index in [2.05, 4.69) is 41.6 Å². The minimum atomic E-state index is 0. The quantitative estimate of drug-likeness (QED) is 0.191. The third kappa shape index (κ3) is 12.3. The van der Waals surface area contributed by atoms with E-state index in [1.165, 1.54) is 5.56 Å². The maximum absolute atomic E-state index is 5.81. The van der Waals surface area contributed by atoms with Crippen molar-refractivity contribution >= 4 is 29.9 Å². The van der Waals surface area contributed by atoms with Gasteiger partial charge in [-0.15, -0.1) is 24.0 Å². The minimum Gasteiger partial charge on any atom is -0.494 e. The van der Waals surface area contributed by atoms with Gasteiger partial charge in [-0.3, -0.25) is 4.99 Å². The summed E-state index contributed by atoms with van der Waals surface area (Å²) in [6, 6.07) is 8.14. The molecular weight excluding hydrogens is 481 g/mol. The number of nitrogens with one attached hydrogen (secondary N) is 2. The summed E-state index contributed by atoms with van der Waals surface area (Å²) in [7, 11) is 0. The highest BCUT2D eigenvalue weighted by Gasteiger charge is 2.13. The van der Waals surface area contributed by atoms with Crippen molar-refractivity contribution in [2.45, 2.75) is 39.5 Å². The number of rotatable bonds is 12. The van der Waals surface area contributed by atoms with Gasteiger partial charge in [0.15, 0.2) is 5.96 Å². The van der Waals surface area contributed by atoms with E-state index in [0.29, 0.717) is 12.5 Å². The first kappa shape index (κ1) is 26.0. The fourth-order valence-corrected chi connectivity index (χ4v) is 2.97. The average Bonchev–Trinajstić information content (AvgIpc) is 2.72. The molecule has 0 atom stereocenters. The molecule has 1 saturated heterocycles. The first-order valence-corrected chi connectivity index (χ1v) is 10.6. The molecule has 0 amide bonds. The Balaban J connectivity index is 0.00000420. The number of halogens is 1. The fraction of sp³-hybridized carbons (Fsp3) is 0.682. The van der Waals surface area contributed by atoms with Crippen LogP contribution in [0, 0.1) is 12.8 Å². The largest absolute Gasteiger partial charge is 0.494 e. The highest BCUT2D eigenvalue weighted by molar-refractivity contribution is 14.0. The highest BCUT2D eigenvalue weighted by Crippen LogP contribution is 2.14. The van der Waals surface area contributed by atoms with Gasteiger partial charge in [-0.1, -0.05) is 17.7 Å². The van der Waals surface area contributed by atoms with Crippen LogP contribution >= 0.6 is 24.0 Å². The standard InChI is InChI=1S/C22H37N3O3.HI/c1-3-23-22(24-12-4-14-27-18-20-10-16-26-17-11-20)25-13-5-15-28-21-8-6-19(2)7-9-21;/h6-9,20H,3-5,10-18H2,1-2H3,(H2,23,24,25);1H. The molecule has 29 heavy (non-hydrogen) atoms. The van der Waals surface area contributed by atoms with E-state index < -0.39 is 0 Å². The third-order valence-electron chi connectivity index (χ3n) is 4.66. The summed E-state index contributed by atoms with van der Waals surface area (Å²) >= 11 is 0. The monoisotopic (exact) mass is 519 g/mol. The van der Waals surface area contributed by atoms with Crippen LogP contribution in [0.1, 0.15) is 38.2 Å². The van der Waals surface area contributed by atoms with Crippen LogP contribution in [0.4, 0.5) is 0 Å². The second-order valence-electron chi connectivity index (χ2n) is 7.19. The van der Waals surface area contributed by atoms with Crippen LogP contribution in [0.25, 0.3) is 0 Å². The molecule has 0 unspecified atom stereocenters. The predicted molar refractivity (Wildman–Crippen MR) is 130 cm³/mol. The number of ether oxygens (including phenoxy) is 3. The Labute approximate surface area is 193 Å². The normalized spacial score (nSPS) is 14.9. The number of hydrogen-bond acceptors (Lipinski definition) is 4. The van der Waals surface area contributed by atoms with E-state index in [1.807, 2.05) is 12.1 Å². The van der Waals surface area contributed by atoms with Crippen LogP contribution < -0.4 is 15.4 Å². The molecule has 0 aromatic heterocycles. The van der Waals surface area contributed by atoms with Gasteiger partial charge < -0.3 is 24.8 Å². The van der Waals surface area contributed by atoms with Crippen molar-refractivity contribution in [2.75, 3.05) is 52.7 Å². The molecule has 7 heteroatoms. The molecule has 1 aromatic rings. The van der Waals surface area contributed by atoms with Gasteiger partial charge in [0.25, 0.3) is 0 Å². The number of aliphatic imine (C=N–C) groups is 1. The zero-order valence-corrected chi connectivity index (χ0v) is 20.3. The molecule has 2 N–H and O–H groups in total. The number of guanidine groups is 1. The summed E-state index contributed by atoms with van der Waals surface area (Å²) in [5.41, 5.74) is 1.24. The van der Waals surface area contributed by atoms with Crippen molar-refractivity contribution in [3.63, 3.8) is 0 Å². The number of aryl methyl sites for hydroxylation is 1. The number of hydrogen-bond donors (Lipinski definition) is 2. The molecule has 0 saturated carbocycles. The lowest BCUT2D eigenvalue weighted by molar-refractivity contribution is 0.0203. The molecule has 0 aliphatic carbocycles. The lowest BCUT2D eigenvalue weighted by Crippen LogP contribution is -2.38. The fourth-order valence-electron chi connectivity index (χ4n) is 2.97. The van der Waals surface area contributed by atoms with Crippen molar-refractivity contribution in [2.24, 2.45) is 10.9 Å². The lowest BCUT2D eigenvalue weighted by Gasteiger charge is -2.21. The molecule has 1 heterocycles. The Kier molecular flexibility index (Phi) is 15.0. The maximum Gasteiger partial charge on any atom is 0.191 e. The SMILES string of the molecule is CCNC(=NCCCOc1ccc(C)cc1)NCCCOCC1CCOCC1.I. The molecule has 0 bridgehead atoms. The van der Waals surface area contributed by atoms with Gasteiger partial charge in [0, 0.05) is 52.5 Å². The molecule has 1 aliphatic heterocycles. The average molecular weight is 519 g/mol. The summed E-state index contributed by atoms with van der Waals surface area (Å²) in [6.07, 6.45) is 4.12. The Morgan fingerprint density at radius 3 is 2.59 bits per heavy atom. The molecule has 1 aromatic carbocycles. The van der Waals surface area contributed by atoms with Crippen molar-refractivity contribution in [1.29, 1.82) is 0 Å². The Bertz CT molecular complexity index is 549. The smallest absolute Gasteiger partial charge is 0.191 e. The Morgan fingerprint density at radius 2 is 1.86 bits per heavy atom. The second-order valence-corrected chi connectivity index (χ2v) is 7.19. The van der Waals surface area contributed by atoms with E-state index in [4.69, 9.17) is 14.2 Å². The van der Waals surface area contributed by atoms with Gasteiger partial charge in [-0.05, 0) is 51.2 Å². The Hall–Kier alpha value is -1.06. The molecular formula is C22H38IN3O3. The van der Waals surface area contributed by atoms with Crippen LogP contribution in [0.2, 0.25) is 0 Å². The van der Waals surface area contributed by atoms with Crippen LogP contribution in [0.3, 0.4) is 0 Å². The highest BCUT2D eigenvalue weighted by atomic mass is 127. The van der Waals surface area contributed by atoms with Gasteiger partial charge in [0.1, 0.15) is 5.75 Å². The van der Waals surface area contributed by atoms with Gasteiger partial charge >= 0.3 is 0 Å². The summed E-state index contributed by atoms with van der Waals surface area (Å²) in [5, 5.41) is 6.66. The third-order valence-corrected chi connectivity index (χ3v) is 4.66. The first-order valence-electron chi connectivity index (χ1n) is 10.6. The van der Waals surface area contributed by atoms with E-state index in [-0.39, 0.29) is 24.0 Å². The number of nitrogens with zero attached hydrogens (tertiary/aromatic N) is 1. The van der Waals surface area contributed by atoms with Crippen molar-refractivity contribution in [1.82, 2.24) is 10.6 Å². The van der Waals surface area contributed by atoms with Crippen LogP contribution in [0.5, 0.6) is 5.75 Å². The molecule has 0 spiro atoms. The summed E-state index contributed by atoms with van der Waals surface area (Å²) in [5.74, 6) is 2.45. The van der Waals surface area contributed by atoms with E-state index in [0.717, 1.165) is 83.5 Å². The first-order chi connectivity index (χ1) is 13.8. The van der Waals surface area contributed by atoms with Crippen molar-refractivity contribution in [3.8, 4) is 5.75 Å². The lowest BCUT2D eigenvalue weighted by atomic mass is 10.0. The summed E-state index contributed by atoms with van der Waals surface area (Å²) in [4.78, 5) is 4.61. The van der Waals surface area contributed by atoms with Crippen LogP contribution in [-0.2, 0) is 9.47 Å². The summed E-state index contributed by atoms with van der Waals surface area (Å²) in [6.45, 7) is 10.7. The zero-order valence-electron chi connectivity index (χ0n) is 18.0. The van der Waals surface area contributed by atoms with E-state index in [9.17, 15) is 0 Å². The van der Waals surface area contributed by atoms with Crippen molar-refractivity contribution in [3.05, 3.63) is 29.8 Å².